The Morgan fingerprint density at radius 1 is 1.25 bits per heavy atom. The molecule has 1 N–H and O–H groups in total. The van der Waals surface area contributed by atoms with Crippen molar-refractivity contribution in [3.05, 3.63) is 35.4 Å². The van der Waals surface area contributed by atoms with Gasteiger partial charge in [-0.25, -0.2) is 0 Å². The summed E-state index contributed by atoms with van der Waals surface area (Å²) >= 11 is 0. The fourth-order valence-electron chi connectivity index (χ4n) is 5.24. The average molecular weight is 498 g/mol. The number of hydrogen-bond acceptors (Lipinski definition) is 3. The second-order valence-electron chi connectivity index (χ2n) is 8.99. The van der Waals surface area contributed by atoms with Crippen molar-refractivity contribution in [2.75, 3.05) is 39.8 Å². The number of ether oxygens (including phenoxy) is 1. The van der Waals surface area contributed by atoms with E-state index in [0.29, 0.717) is 18.1 Å². The number of benzene rings is 1. The van der Waals surface area contributed by atoms with E-state index in [1.165, 1.54) is 17.5 Å². The zero-order chi connectivity index (χ0) is 19.0. The molecule has 3 unspecified atom stereocenters. The van der Waals surface area contributed by atoms with Gasteiger partial charge in [0.15, 0.2) is 5.96 Å². The molecule has 156 valence electrons. The lowest BCUT2D eigenvalue weighted by Crippen LogP contribution is -2.68. The number of halogens is 1. The smallest absolute Gasteiger partial charge is 0.193 e. The first-order chi connectivity index (χ1) is 13.0. The van der Waals surface area contributed by atoms with E-state index in [-0.39, 0.29) is 29.4 Å². The van der Waals surface area contributed by atoms with Gasteiger partial charge in [0.25, 0.3) is 0 Å². The number of rotatable bonds is 3. The number of piperazine rings is 1. The van der Waals surface area contributed by atoms with Crippen LogP contribution in [-0.2, 0) is 11.3 Å². The van der Waals surface area contributed by atoms with Gasteiger partial charge >= 0.3 is 0 Å². The largest absolute Gasteiger partial charge is 0.377 e. The van der Waals surface area contributed by atoms with Crippen LogP contribution in [0, 0.1) is 18.3 Å². The minimum Gasteiger partial charge on any atom is -0.377 e. The van der Waals surface area contributed by atoms with Crippen molar-refractivity contribution in [3.8, 4) is 0 Å². The van der Waals surface area contributed by atoms with Crippen molar-refractivity contribution in [1.29, 1.82) is 0 Å². The van der Waals surface area contributed by atoms with Crippen LogP contribution in [0.3, 0.4) is 0 Å². The van der Waals surface area contributed by atoms with Gasteiger partial charge in [-0.3, -0.25) is 9.89 Å². The Labute approximate surface area is 186 Å². The normalized spacial score (nSPS) is 29.6. The van der Waals surface area contributed by atoms with Gasteiger partial charge < -0.3 is 15.0 Å². The molecule has 5 nitrogen and oxygen atoms in total. The van der Waals surface area contributed by atoms with Gasteiger partial charge in [-0.05, 0) is 18.9 Å². The summed E-state index contributed by atoms with van der Waals surface area (Å²) in [4.78, 5) is 9.58. The van der Waals surface area contributed by atoms with Crippen LogP contribution in [0.4, 0.5) is 0 Å². The van der Waals surface area contributed by atoms with Crippen molar-refractivity contribution < 1.29 is 4.74 Å². The van der Waals surface area contributed by atoms with Crippen LogP contribution in [0.2, 0.25) is 0 Å². The van der Waals surface area contributed by atoms with E-state index in [9.17, 15) is 0 Å². The van der Waals surface area contributed by atoms with Gasteiger partial charge in [-0.2, -0.15) is 0 Å². The molecule has 0 amide bonds. The molecule has 6 heteroatoms. The first kappa shape index (κ1) is 21.8. The number of fused-ring (bicyclic) bond motifs is 1. The van der Waals surface area contributed by atoms with Crippen LogP contribution in [0.1, 0.15) is 31.4 Å². The summed E-state index contributed by atoms with van der Waals surface area (Å²) in [6.45, 7) is 13.0. The van der Waals surface area contributed by atoms with E-state index in [1.54, 1.807) is 0 Å². The van der Waals surface area contributed by atoms with Crippen molar-refractivity contribution >= 4 is 29.9 Å². The summed E-state index contributed by atoms with van der Waals surface area (Å²) in [7, 11) is 1.91. The number of nitrogens with zero attached hydrogens (tertiary/aromatic N) is 3. The lowest BCUT2D eigenvalue weighted by molar-refractivity contribution is -0.107. The molecule has 0 bridgehead atoms. The van der Waals surface area contributed by atoms with Crippen molar-refractivity contribution in [1.82, 2.24) is 15.1 Å². The molecule has 3 aliphatic rings. The first-order valence-corrected chi connectivity index (χ1v) is 10.4. The maximum Gasteiger partial charge on any atom is 0.193 e. The van der Waals surface area contributed by atoms with Crippen LogP contribution in [0.25, 0.3) is 0 Å². The molecule has 0 spiro atoms. The van der Waals surface area contributed by atoms with E-state index in [1.807, 2.05) is 7.05 Å². The highest BCUT2D eigenvalue weighted by Crippen LogP contribution is 2.52. The molecule has 28 heavy (non-hydrogen) atoms. The molecule has 2 aliphatic heterocycles. The highest BCUT2D eigenvalue weighted by Gasteiger charge is 2.59. The predicted molar refractivity (Wildman–Crippen MR) is 125 cm³/mol. The van der Waals surface area contributed by atoms with Gasteiger partial charge in [0, 0.05) is 63.8 Å². The Balaban J connectivity index is 0.00000225. The Bertz CT molecular complexity index is 700. The minimum atomic E-state index is 0. The molecule has 1 aliphatic carbocycles. The quantitative estimate of drug-likeness (QED) is 0.395. The molecule has 3 fully saturated rings. The van der Waals surface area contributed by atoms with Crippen molar-refractivity contribution in [3.63, 3.8) is 0 Å². The van der Waals surface area contributed by atoms with Gasteiger partial charge in [0.05, 0.1) is 6.10 Å². The Morgan fingerprint density at radius 2 is 2.00 bits per heavy atom. The van der Waals surface area contributed by atoms with E-state index >= 15 is 0 Å². The molecular weight excluding hydrogens is 463 g/mol. The summed E-state index contributed by atoms with van der Waals surface area (Å²) in [6.07, 6.45) is 1.59. The first-order valence-electron chi connectivity index (χ1n) is 10.4. The van der Waals surface area contributed by atoms with Crippen molar-refractivity contribution in [2.24, 2.45) is 16.3 Å². The van der Waals surface area contributed by atoms with Gasteiger partial charge in [-0.15, -0.1) is 24.0 Å². The van der Waals surface area contributed by atoms with Crippen molar-refractivity contribution in [2.45, 2.75) is 45.9 Å². The molecule has 4 rings (SSSR count). The van der Waals surface area contributed by atoms with E-state index in [0.717, 1.165) is 45.3 Å². The van der Waals surface area contributed by atoms with Crippen LogP contribution in [0.5, 0.6) is 0 Å². The van der Waals surface area contributed by atoms with Gasteiger partial charge in [0.2, 0.25) is 0 Å². The van der Waals surface area contributed by atoms with Crippen LogP contribution >= 0.6 is 24.0 Å². The summed E-state index contributed by atoms with van der Waals surface area (Å²) < 4.78 is 5.94. The predicted octanol–water partition coefficient (Wildman–Crippen LogP) is 3.12. The number of guanidine groups is 1. The summed E-state index contributed by atoms with van der Waals surface area (Å²) in [5, 5.41) is 3.78. The summed E-state index contributed by atoms with van der Waals surface area (Å²) in [5.41, 5.74) is 2.94. The Hall–Kier alpha value is -0.860. The van der Waals surface area contributed by atoms with Crippen LogP contribution in [-0.4, -0.2) is 67.7 Å². The lowest BCUT2D eigenvalue weighted by atomic mass is 9.57. The topological polar surface area (TPSA) is 40.1 Å². The average Bonchev–Trinajstić information content (AvgIpc) is 3.11. The second-order valence-corrected chi connectivity index (χ2v) is 8.99. The van der Waals surface area contributed by atoms with Crippen LogP contribution < -0.4 is 5.32 Å². The van der Waals surface area contributed by atoms with E-state index < -0.39 is 0 Å². The third-order valence-corrected chi connectivity index (χ3v) is 6.76. The second kappa shape index (κ2) is 8.88. The minimum absolute atomic E-state index is 0. The fraction of sp³-hybridized carbons (Fsp3) is 0.682. The molecule has 3 atom stereocenters. The molecule has 2 saturated heterocycles. The SMILES string of the molecule is CN=C(NC1C2CCOC2C1(C)C)N1CCN(Cc2cccc(C)c2)CC1.I. The van der Waals surface area contributed by atoms with E-state index in [4.69, 9.17) is 4.74 Å². The summed E-state index contributed by atoms with van der Waals surface area (Å²) in [6, 6.07) is 9.32. The maximum atomic E-state index is 5.94. The Kier molecular flexibility index (Phi) is 6.92. The molecule has 1 aromatic rings. The highest BCUT2D eigenvalue weighted by atomic mass is 127. The maximum absolute atomic E-state index is 5.94. The number of aryl methyl sites for hydroxylation is 1. The molecule has 0 aromatic heterocycles. The molecule has 2 heterocycles. The number of aliphatic imine (C=N–C) groups is 1. The third kappa shape index (κ3) is 4.19. The summed E-state index contributed by atoms with van der Waals surface area (Å²) in [5.74, 6) is 1.70. The fourth-order valence-corrected chi connectivity index (χ4v) is 5.24. The van der Waals surface area contributed by atoms with E-state index in [2.05, 4.69) is 65.1 Å². The van der Waals surface area contributed by atoms with Gasteiger partial charge in [-0.1, -0.05) is 43.7 Å². The standard InChI is InChI=1S/C22H34N4O.HI/c1-16-6-5-7-17(14-16)15-25-9-11-26(12-10-25)21(23-4)24-19-18-8-13-27-20(18)22(19,2)3;/h5-7,14,18-20H,8-13,15H2,1-4H3,(H,23,24);1H. The third-order valence-electron chi connectivity index (χ3n) is 6.76. The zero-order valence-electron chi connectivity index (χ0n) is 17.6. The molecule has 1 aromatic carbocycles. The molecule has 1 saturated carbocycles. The Morgan fingerprint density at radius 3 is 2.68 bits per heavy atom. The lowest BCUT2D eigenvalue weighted by Gasteiger charge is -2.55. The molecular formula is C22H35IN4O. The van der Waals surface area contributed by atoms with Gasteiger partial charge in [0.1, 0.15) is 0 Å². The zero-order valence-corrected chi connectivity index (χ0v) is 20.0. The number of nitrogens with one attached hydrogen (secondary N) is 1. The van der Waals surface area contributed by atoms with Crippen LogP contribution in [0.15, 0.2) is 29.3 Å². The molecule has 0 radical (unpaired) electrons. The highest BCUT2D eigenvalue weighted by molar-refractivity contribution is 14.0. The number of hydrogen-bond donors (Lipinski definition) is 1. The monoisotopic (exact) mass is 498 g/mol.